The van der Waals surface area contributed by atoms with Crippen LogP contribution in [0.25, 0.3) is 0 Å². The number of unbranched alkanes of at least 4 members (excludes halogenated alkanes) is 5. The molecular formula is C14H22Br4N2O. The number of nitrogens with zero attached hydrogens (tertiary/aromatic N) is 2. The molecule has 0 bridgehead atoms. The number of hydrogen-bond acceptors (Lipinski definition) is 2. The van der Waals surface area contributed by atoms with E-state index < -0.39 is 0 Å². The number of aromatic nitrogens is 2. The Kier molecular flexibility index (Phi) is 12.0. The van der Waals surface area contributed by atoms with Crippen molar-refractivity contribution < 1.29 is 4.74 Å². The van der Waals surface area contributed by atoms with E-state index in [1.807, 2.05) is 0 Å². The van der Waals surface area contributed by atoms with Gasteiger partial charge in [-0.25, -0.2) is 4.98 Å². The van der Waals surface area contributed by atoms with E-state index in [1.54, 1.807) is 0 Å². The van der Waals surface area contributed by atoms with Crippen LogP contribution in [0.2, 0.25) is 0 Å². The standard InChI is InChI=1S/C14H22Br4N2O/c15-8-4-1-2-6-10-21-11-7-3-5-9-20-13(17)12(16)19-14(20)18/h1-11H2. The molecule has 0 aromatic carbocycles. The molecule has 0 atom stereocenters. The Labute approximate surface area is 161 Å². The summed E-state index contributed by atoms with van der Waals surface area (Å²) in [7, 11) is 0. The van der Waals surface area contributed by atoms with Gasteiger partial charge in [-0.15, -0.1) is 0 Å². The molecule has 3 nitrogen and oxygen atoms in total. The van der Waals surface area contributed by atoms with E-state index in [-0.39, 0.29) is 0 Å². The van der Waals surface area contributed by atoms with Gasteiger partial charge in [-0.3, -0.25) is 0 Å². The zero-order chi connectivity index (χ0) is 15.5. The van der Waals surface area contributed by atoms with E-state index >= 15 is 0 Å². The van der Waals surface area contributed by atoms with E-state index in [0.717, 1.165) is 51.9 Å². The largest absolute Gasteiger partial charge is 0.381 e. The number of ether oxygens (including phenoxy) is 1. The van der Waals surface area contributed by atoms with Gasteiger partial charge < -0.3 is 9.30 Å². The predicted octanol–water partition coefficient (Wildman–Crippen LogP) is 6.31. The van der Waals surface area contributed by atoms with Crippen molar-refractivity contribution in [1.29, 1.82) is 0 Å². The fraction of sp³-hybridized carbons (Fsp3) is 0.786. The summed E-state index contributed by atoms with van der Waals surface area (Å²) in [6, 6.07) is 0. The molecule has 0 aliphatic rings. The Morgan fingerprint density at radius 3 is 2.05 bits per heavy atom. The third kappa shape index (κ3) is 8.49. The molecular weight excluding hydrogens is 532 g/mol. The number of rotatable bonds is 12. The van der Waals surface area contributed by atoms with Crippen LogP contribution in [0.5, 0.6) is 0 Å². The second kappa shape index (κ2) is 12.5. The lowest BCUT2D eigenvalue weighted by atomic mass is 10.2. The van der Waals surface area contributed by atoms with Crippen LogP contribution >= 0.6 is 63.7 Å². The Bertz CT molecular complexity index is 399. The molecule has 122 valence electrons. The quantitative estimate of drug-likeness (QED) is 0.224. The maximum absolute atomic E-state index is 5.66. The average Bonchev–Trinajstić information content (AvgIpc) is 2.70. The molecule has 0 saturated carbocycles. The normalized spacial score (nSPS) is 11.2. The monoisotopic (exact) mass is 550 g/mol. The van der Waals surface area contributed by atoms with E-state index in [4.69, 9.17) is 4.74 Å². The lowest BCUT2D eigenvalue weighted by Crippen LogP contribution is -2.01. The molecule has 1 aromatic rings. The van der Waals surface area contributed by atoms with Crippen LogP contribution < -0.4 is 0 Å². The summed E-state index contributed by atoms with van der Waals surface area (Å²) in [6.45, 7) is 2.76. The average molecular weight is 554 g/mol. The lowest BCUT2D eigenvalue weighted by Gasteiger charge is -2.07. The SMILES string of the molecule is BrCCCCCCOCCCCCn1c(Br)nc(Br)c1Br. The maximum atomic E-state index is 5.66. The first-order valence-electron chi connectivity index (χ1n) is 7.37. The summed E-state index contributed by atoms with van der Waals surface area (Å²) in [5.41, 5.74) is 0. The van der Waals surface area contributed by atoms with Crippen molar-refractivity contribution in [3.05, 3.63) is 13.9 Å². The molecule has 0 aliphatic heterocycles. The highest BCUT2D eigenvalue weighted by Crippen LogP contribution is 2.27. The Morgan fingerprint density at radius 1 is 0.857 bits per heavy atom. The van der Waals surface area contributed by atoms with Crippen molar-refractivity contribution in [2.24, 2.45) is 0 Å². The van der Waals surface area contributed by atoms with Crippen molar-refractivity contribution in [2.45, 2.75) is 51.5 Å². The third-order valence-corrected chi connectivity index (χ3v) is 6.22. The topological polar surface area (TPSA) is 27.1 Å². The Hall–Kier alpha value is 1.09. The molecule has 0 unspecified atom stereocenters. The first-order valence-corrected chi connectivity index (χ1v) is 10.9. The van der Waals surface area contributed by atoms with Gasteiger partial charge in [0.25, 0.3) is 0 Å². The summed E-state index contributed by atoms with van der Waals surface area (Å²) < 4.78 is 10.5. The van der Waals surface area contributed by atoms with Crippen LogP contribution in [0, 0.1) is 0 Å². The van der Waals surface area contributed by atoms with Gasteiger partial charge in [-0.05, 0) is 79.9 Å². The van der Waals surface area contributed by atoms with Crippen LogP contribution in [0.15, 0.2) is 13.9 Å². The van der Waals surface area contributed by atoms with Gasteiger partial charge in [0.15, 0.2) is 4.73 Å². The second-order valence-corrected chi connectivity index (χ2v) is 7.89. The second-order valence-electron chi connectivity index (χ2n) is 4.89. The van der Waals surface area contributed by atoms with Crippen molar-refractivity contribution in [3.63, 3.8) is 0 Å². The summed E-state index contributed by atoms with van der Waals surface area (Å²) in [6.07, 6.45) is 8.49. The van der Waals surface area contributed by atoms with E-state index in [0.29, 0.717) is 0 Å². The Balaban J connectivity index is 1.95. The van der Waals surface area contributed by atoms with Gasteiger partial charge in [0.05, 0.1) is 0 Å². The van der Waals surface area contributed by atoms with Gasteiger partial charge in [0, 0.05) is 25.1 Å². The van der Waals surface area contributed by atoms with Gasteiger partial charge in [-0.2, -0.15) is 0 Å². The van der Waals surface area contributed by atoms with Crippen LogP contribution in [0.3, 0.4) is 0 Å². The van der Waals surface area contributed by atoms with Crippen LogP contribution in [0.1, 0.15) is 44.9 Å². The summed E-state index contributed by atoms with van der Waals surface area (Å²) in [4.78, 5) is 4.30. The van der Waals surface area contributed by atoms with Gasteiger partial charge in [0.1, 0.15) is 9.21 Å². The number of hydrogen-bond donors (Lipinski definition) is 0. The van der Waals surface area contributed by atoms with E-state index in [1.165, 1.54) is 32.1 Å². The smallest absolute Gasteiger partial charge is 0.179 e. The van der Waals surface area contributed by atoms with Crippen molar-refractivity contribution in [3.8, 4) is 0 Å². The fourth-order valence-electron chi connectivity index (χ4n) is 1.98. The zero-order valence-electron chi connectivity index (χ0n) is 12.1. The molecule has 0 spiro atoms. The van der Waals surface area contributed by atoms with Gasteiger partial charge in [0.2, 0.25) is 0 Å². The molecule has 1 heterocycles. The predicted molar refractivity (Wildman–Crippen MR) is 102 cm³/mol. The lowest BCUT2D eigenvalue weighted by molar-refractivity contribution is 0.125. The number of imidazole rings is 1. The van der Waals surface area contributed by atoms with Crippen molar-refractivity contribution in [2.75, 3.05) is 18.5 Å². The highest BCUT2D eigenvalue weighted by molar-refractivity contribution is 9.13. The highest BCUT2D eigenvalue weighted by atomic mass is 79.9. The van der Waals surface area contributed by atoms with E-state index in [2.05, 4.69) is 73.3 Å². The van der Waals surface area contributed by atoms with Crippen LogP contribution in [-0.2, 0) is 11.3 Å². The molecule has 7 heteroatoms. The first-order chi connectivity index (χ1) is 10.2. The van der Waals surface area contributed by atoms with Crippen molar-refractivity contribution >= 4 is 63.7 Å². The van der Waals surface area contributed by atoms with Gasteiger partial charge in [-0.1, -0.05) is 28.8 Å². The minimum absolute atomic E-state index is 0.845. The fourth-order valence-corrected chi connectivity index (χ4v) is 4.20. The molecule has 0 saturated heterocycles. The molecule has 0 N–H and O–H groups in total. The minimum atomic E-state index is 0.845. The van der Waals surface area contributed by atoms with Crippen molar-refractivity contribution in [1.82, 2.24) is 9.55 Å². The Morgan fingerprint density at radius 2 is 1.48 bits per heavy atom. The van der Waals surface area contributed by atoms with Crippen LogP contribution in [-0.4, -0.2) is 28.1 Å². The molecule has 0 amide bonds. The highest BCUT2D eigenvalue weighted by Gasteiger charge is 2.10. The number of alkyl halides is 1. The van der Waals surface area contributed by atoms with Gasteiger partial charge >= 0.3 is 0 Å². The van der Waals surface area contributed by atoms with E-state index in [9.17, 15) is 0 Å². The molecule has 1 aromatic heterocycles. The molecule has 1 rings (SSSR count). The molecule has 21 heavy (non-hydrogen) atoms. The minimum Gasteiger partial charge on any atom is -0.381 e. The third-order valence-electron chi connectivity index (χ3n) is 3.16. The zero-order valence-corrected chi connectivity index (χ0v) is 18.4. The molecule has 0 radical (unpaired) electrons. The van der Waals surface area contributed by atoms with Crippen LogP contribution in [0.4, 0.5) is 0 Å². The summed E-state index contributed by atoms with van der Waals surface area (Å²) >= 11 is 13.8. The molecule has 0 fully saturated rings. The first kappa shape index (κ1) is 20.1. The molecule has 0 aliphatic carbocycles. The number of halogens is 4. The maximum Gasteiger partial charge on any atom is 0.179 e. The summed E-state index contributed by atoms with van der Waals surface area (Å²) in [5.74, 6) is 0. The summed E-state index contributed by atoms with van der Waals surface area (Å²) in [5, 5.41) is 1.12.